The fourth-order valence-corrected chi connectivity index (χ4v) is 7.82. The van der Waals surface area contributed by atoms with Crippen LogP contribution in [0, 0.1) is 0 Å². The van der Waals surface area contributed by atoms with Gasteiger partial charge in [0.25, 0.3) is 0 Å². The van der Waals surface area contributed by atoms with Crippen molar-refractivity contribution in [3.63, 3.8) is 0 Å². The molecule has 0 radical (unpaired) electrons. The summed E-state index contributed by atoms with van der Waals surface area (Å²) in [5.41, 5.74) is 0. The van der Waals surface area contributed by atoms with Gasteiger partial charge in [0.2, 0.25) is 5.91 Å². The zero-order valence-electron chi connectivity index (χ0n) is 46.0. The van der Waals surface area contributed by atoms with Gasteiger partial charge in [0.1, 0.15) is 24.4 Å². The van der Waals surface area contributed by atoms with Gasteiger partial charge in [-0.3, -0.25) is 4.79 Å². The maximum Gasteiger partial charge on any atom is 0.220 e. The highest BCUT2D eigenvalue weighted by Gasteiger charge is 2.44. The maximum atomic E-state index is 13.0. The van der Waals surface area contributed by atoms with Crippen LogP contribution in [0.3, 0.4) is 0 Å². The van der Waals surface area contributed by atoms with Crippen LogP contribution in [0.25, 0.3) is 0 Å². The van der Waals surface area contributed by atoms with Crippen molar-refractivity contribution in [1.29, 1.82) is 0 Å². The first-order valence-electron chi connectivity index (χ1n) is 28.7. The Hall–Kier alpha value is -4.19. The Labute approximate surface area is 450 Å². The Morgan fingerprint density at radius 2 is 0.851 bits per heavy atom. The minimum Gasteiger partial charge on any atom is -0.394 e. The number of carbonyl (C=O) groups excluding carboxylic acids is 1. The van der Waals surface area contributed by atoms with Gasteiger partial charge in [-0.25, -0.2) is 0 Å². The summed E-state index contributed by atoms with van der Waals surface area (Å²) in [6.07, 6.45) is 76.0. The fourth-order valence-electron chi connectivity index (χ4n) is 7.82. The van der Waals surface area contributed by atoms with Crippen LogP contribution in [0.1, 0.15) is 187 Å². The Balaban J connectivity index is 2.20. The standard InChI is InChI=1S/C65H103NO8/c1-3-5-7-9-11-13-15-17-18-19-20-21-22-23-24-25-26-27-28-29-30-31-32-33-34-35-36-37-38-39-40-41-42-43-45-47-49-51-53-55-61(69)66-58(57-73-65-64(72)63(71)62(70)60(56-67)74-65)59(68)54-52-50-48-46-44-16-14-12-10-8-6-4-2/h5,7,11,13,17-18,20-21,23-24,26-27,29-30,32-33,35-36,38-39,41-42,44,46,52,54,58-60,62-65,67-68,70-72H,3-4,6,8-10,12,14-16,19,22,25,28,31,34,37,40,43,45,47-51,53,55-57H2,1-2H3,(H,66,69)/b7-5-,13-11-,18-17-,21-20-,24-23-,27-26-,30-29-,33-32-,36-35-,39-38-,42-41-,46-44+,54-52+. The van der Waals surface area contributed by atoms with Crippen molar-refractivity contribution < 1.29 is 39.8 Å². The number of allylic oxidation sites excluding steroid dienone is 25. The van der Waals surface area contributed by atoms with E-state index < -0.39 is 49.5 Å². The number of hydrogen-bond acceptors (Lipinski definition) is 8. The summed E-state index contributed by atoms with van der Waals surface area (Å²) in [6, 6.07) is -0.843. The molecule has 1 heterocycles. The smallest absolute Gasteiger partial charge is 0.220 e. The molecule has 1 aliphatic rings. The average molecular weight is 1030 g/mol. The van der Waals surface area contributed by atoms with E-state index in [2.05, 4.69) is 165 Å². The Kier molecular flexibility index (Phi) is 47.9. The Morgan fingerprint density at radius 1 is 0.473 bits per heavy atom. The van der Waals surface area contributed by atoms with Gasteiger partial charge in [0.05, 0.1) is 25.4 Å². The molecule has 0 saturated carbocycles. The number of ether oxygens (including phenoxy) is 2. The molecule has 1 rings (SSSR count). The number of unbranched alkanes of at least 4 members (excludes halogenated alkanes) is 12. The molecule has 0 spiro atoms. The highest BCUT2D eigenvalue weighted by Crippen LogP contribution is 2.22. The summed E-state index contributed by atoms with van der Waals surface area (Å²) in [4.78, 5) is 13.0. The second kappa shape index (κ2) is 52.3. The zero-order valence-corrected chi connectivity index (χ0v) is 46.0. The average Bonchev–Trinajstić information content (AvgIpc) is 3.40. The van der Waals surface area contributed by atoms with Crippen molar-refractivity contribution in [2.45, 2.75) is 230 Å². The van der Waals surface area contributed by atoms with E-state index in [1.54, 1.807) is 6.08 Å². The highest BCUT2D eigenvalue weighted by molar-refractivity contribution is 5.76. The number of hydrogen-bond donors (Lipinski definition) is 6. The molecule has 7 unspecified atom stereocenters. The molecule has 6 N–H and O–H groups in total. The van der Waals surface area contributed by atoms with Crippen molar-refractivity contribution in [1.82, 2.24) is 5.32 Å². The van der Waals surface area contributed by atoms with E-state index in [0.717, 1.165) is 128 Å². The number of aliphatic hydroxyl groups is 5. The molecule has 0 aromatic heterocycles. The predicted octanol–water partition coefficient (Wildman–Crippen LogP) is 14.5. The van der Waals surface area contributed by atoms with E-state index in [1.807, 2.05) is 6.08 Å². The SMILES string of the molecule is CC/C=C\C/C=C\C/C=C\C/C=C\C/C=C\C/C=C\C/C=C\C/C=C\C/C=C\C/C=C\C/C=C\CCCCCCCC(=O)NC(COC1OC(CO)C(O)C(O)C1O)C(O)/C=C/CC/C=C/CCCCCCCC. The van der Waals surface area contributed by atoms with Gasteiger partial charge in [-0.2, -0.15) is 0 Å². The number of carbonyl (C=O) groups is 1. The summed E-state index contributed by atoms with van der Waals surface area (Å²) in [5.74, 6) is -0.215. The number of aliphatic hydroxyl groups excluding tert-OH is 5. The molecule has 0 aromatic carbocycles. The minimum atomic E-state index is -1.58. The van der Waals surface area contributed by atoms with Gasteiger partial charge >= 0.3 is 0 Å². The maximum absolute atomic E-state index is 13.0. The van der Waals surface area contributed by atoms with E-state index in [0.29, 0.717) is 6.42 Å². The van der Waals surface area contributed by atoms with E-state index in [4.69, 9.17) is 9.47 Å². The molecule has 7 atom stereocenters. The fraction of sp³-hybridized carbons (Fsp3) is 0.585. The molecule has 1 aliphatic heterocycles. The van der Waals surface area contributed by atoms with E-state index >= 15 is 0 Å². The molecule has 1 fully saturated rings. The topological polar surface area (TPSA) is 149 Å². The molecule has 0 aliphatic carbocycles. The van der Waals surface area contributed by atoms with Crippen LogP contribution in [-0.4, -0.2) is 87.5 Å². The Bertz CT molecular complexity index is 1710. The van der Waals surface area contributed by atoms with E-state index in [-0.39, 0.29) is 12.5 Å². The summed E-state index contributed by atoms with van der Waals surface area (Å²) in [7, 11) is 0. The lowest BCUT2D eigenvalue weighted by Crippen LogP contribution is -2.60. The van der Waals surface area contributed by atoms with Crippen LogP contribution < -0.4 is 5.32 Å². The molecule has 416 valence electrons. The van der Waals surface area contributed by atoms with Crippen molar-refractivity contribution >= 4 is 5.91 Å². The van der Waals surface area contributed by atoms with Gasteiger partial charge in [-0.15, -0.1) is 0 Å². The van der Waals surface area contributed by atoms with Crippen LogP contribution in [0.2, 0.25) is 0 Å². The molecule has 1 saturated heterocycles. The first kappa shape index (κ1) is 67.8. The van der Waals surface area contributed by atoms with Crippen LogP contribution in [-0.2, 0) is 14.3 Å². The molecule has 1 amide bonds. The summed E-state index contributed by atoms with van der Waals surface area (Å²) in [6.45, 7) is 3.59. The monoisotopic (exact) mass is 1030 g/mol. The van der Waals surface area contributed by atoms with Gasteiger partial charge < -0.3 is 40.3 Å². The molecule has 74 heavy (non-hydrogen) atoms. The number of rotatable bonds is 46. The molecule has 9 heteroatoms. The van der Waals surface area contributed by atoms with Crippen LogP contribution in [0.4, 0.5) is 0 Å². The minimum absolute atomic E-state index is 0.215. The van der Waals surface area contributed by atoms with Crippen LogP contribution in [0.5, 0.6) is 0 Å². The van der Waals surface area contributed by atoms with Gasteiger partial charge in [-0.1, -0.05) is 223 Å². The molecular weight excluding hydrogens is 923 g/mol. The lowest BCUT2D eigenvalue weighted by atomic mass is 9.99. The first-order valence-corrected chi connectivity index (χ1v) is 28.7. The lowest BCUT2D eigenvalue weighted by Gasteiger charge is -2.40. The quantitative estimate of drug-likeness (QED) is 0.0261. The van der Waals surface area contributed by atoms with Gasteiger partial charge in [0.15, 0.2) is 6.29 Å². The van der Waals surface area contributed by atoms with Gasteiger partial charge in [0, 0.05) is 6.42 Å². The van der Waals surface area contributed by atoms with Crippen molar-refractivity contribution in [2.75, 3.05) is 13.2 Å². The summed E-state index contributed by atoms with van der Waals surface area (Å²) >= 11 is 0. The van der Waals surface area contributed by atoms with Crippen LogP contribution >= 0.6 is 0 Å². The largest absolute Gasteiger partial charge is 0.394 e. The molecule has 0 bridgehead atoms. The summed E-state index contributed by atoms with van der Waals surface area (Å²) in [5, 5.41) is 54.3. The number of amides is 1. The van der Waals surface area contributed by atoms with E-state index in [1.165, 1.54) is 38.5 Å². The first-order chi connectivity index (χ1) is 36.3. The third kappa shape index (κ3) is 41.1. The predicted molar refractivity (Wildman–Crippen MR) is 312 cm³/mol. The highest BCUT2D eigenvalue weighted by atomic mass is 16.7. The van der Waals surface area contributed by atoms with Crippen molar-refractivity contribution in [3.8, 4) is 0 Å². The van der Waals surface area contributed by atoms with Gasteiger partial charge in [-0.05, 0) is 116 Å². The number of nitrogens with one attached hydrogen (secondary N) is 1. The Morgan fingerprint density at radius 3 is 1.30 bits per heavy atom. The summed E-state index contributed by atoms with van der Waals surface area (Å²) < 4.78 is 11.2. The molecule has 9 nitrogen and oxygen atoms in total. The van der Waals surface area contributed by atoms with Crippen LogP contribution in [0.15, 0.2) is 158 Å². The molecule has 0 aromatic rings. The third-order valence-electron chi connectivity index (χ3n) is 12.3. The zero-order chi connectivity index (χ0) is 53.6. The lowest BCUT2D eigenvalue weighted by molar-refractivity contribution is -0.302. The molecular formula is C65H103NO8. The third-order valence-corrected chi connectivity index (χ3v) is 12.3. The second-order valence-electron chi connectivity index (χ2n) is 19.0. The van der Waals surface area contributed by atoms with Crippen molar-refractivity contribution in [3.05, 3.63) is 158 Å². The normalized spacial score (nSPS) is 20.2. The second-order valence-corrected chi connectivity index (χ2v) is 19.0. The van der Waals surface area contributed by atoms with Crippen molar-refractivity contribution in [2.24, 2.45) is 0 Å². The van der Waals surface area contributed by atoms with E-state index in [9.17, 15) is 30.3 Å².